The predicted octanol–water partition coefficient (Wildman–Crippen LogP) is 3.55. The molecule has 39 heavy (non-hydrogen) atoms. The fourth-order valence-corrected chi connectivity index (χ4v) is 5.48. The SMILES string of the molecule is CC(C)NC(=O)c1ccc(N2CCNCC2)c(NS(=O)(=O)c2ccc3c(c2)CCCC3)c1.O=C(O)C(F)(F)F. The third-order valence-electron chi connectivity index (χ3n) is 6.25. The maximum atomic E-state index is 13.3. The van der Waals surface area contributed by atoms with E-state index >= 15 is 0 Å². The van der Waals surface area contributed by atoms with Crippen molar-refractivity contribution in [2.75, 3.05) is 35.8 Å². The van der Waals surface area contributed by atoms with Crippen molar-refractivity contribution in [1.29, 1.82) is 0 Å². The molecule has 1 heterocycles. The number of carbonyl (C=O) groups excluding carboxylic acids is 1. The molecule has 0 atom stereocenters. The minimum absolute atomic E-state index is 0.00835. The van der Waals surface area contributed by atoms with Gasteiger partial charge >= 0.3 is 12.1 Å². The number of carbonyl (C=O) groups is 2. The zero-order valence-corrected chi connectivity index (χ0v) is 22.6. The highest BCUT2D eigenvalue weighted by atomic mass is 32.2. The number of carboxylic acids is 1. The number of carboxylic acid groups (broad SMARTS) is 1. The lowest BCUT2D eigenvalue weighted by atomic mass is 9.92. The van der Waals surface area contributed by atoms with Crippen LogP contribution in [0, 0.1) is 0 Å². The topological polar surface area (TPSA) is 128 Å². The van der Waals surface area contributed by atoms with Crippen LogP contribution in [0.1, 0.15) is 48.2 Å². The van der Waals surface area contributed by atoms with Crippen molar-refractivity contribution in [3.63, 3.8) is 0 Å². The van der Waals surface area contributed by atoms with E-state index in [1.165, 1.54) is 5.56 Å². The molecule has 2 aromatic rings. The molecule has 2 aliphatic rings. The van der Waals surface area contributed by atoms with Crippen LogP contribution in [0.15, 0.2) is 41.3 Å². The Kier molecular flexibility index (Phi) is 9.83. The van der Waals surface area contributed by atoms with Gasteiger partial charge in [-0.25, -0.2) is 13.2 Å². The number of hydrogen-bond donors (Lipinski definition) is 4. The first-order chi connectivity index (χ1) is 18.3. The number of rotatable bonds is 6. The van der Waals surface area contributed by atoms with Gasteiger partial charge < -0.3 is 20.6 Å². The van der Waals surface area contributed by atoms with E-state index in [4.69, 9.17) is 9.90 Å². The van der Waals surface area contributed by atoms with Gasteiger partial charge in [-0.1, -0.05) is 6.07 Å². The first-order valence-corrected chi connectivity index (χ1v) is 14.1. The smallest absolute Gasteiger partial charge is 0.475 e. The Balaban J connectivity index is 0.000000532. The Bertz CT molecular complexity index is 1290. The number of amides is 1. The third-order valence-corrected chi connectivity index (χ3v) is 7.62. The molecule has 0 radical (unpaired) electrons. The van der Waals surface area contributed by atoms with Crippen molar-refractivity contribution in [2.24, 2.45) is 0 Å². The van der Waals surface area contributed by atoms with Gasteiger partial charge in [-0.2, -0.15) is 13.2 Å². The van der Waals surface area contributed by atoms with Gasteiger partial charge in [0, 0.05) is 37.8 Å². The van der Waals surface area contributed by atoms with Gasteiger partial charge in [0.15, 0.2) is 0 Å². The second-order valence-corrected chi connectivity index (χ2v) is 11.3. The summed E-state index contributed by atoms with van der Waals surface area (Å²) in [6, 6.07) is 10.7. The van der Waals surface area contributed by atoms with Crippen LogP contribution in [-0.2, 0) is 27.7 Å². The van der Waals surface area contributed by atoms with Crippen LogP contribution in [0.25, 0.3) is 0 Å². The Labute approximate surface area is 225 Å². The Hall–Kier alpha value is -3.32. The van der Waals surface area contributed by atoms with E-state index in [1.54, 1.807) is 24.3 Å². The zero-order chi connectivity index (χ0) is 28.8. The first-order valence-electron chi connectivity index (χ1n) is 12.6. The van der Waals surface area contributed by atoms with Crippen molar-refractivity contribution in [3.8, 4) is 0 Å². The number of benzene rings is 2. The van der Waals surface area contributed by atoms with E-state index in [1.807, 2.05) is 26.0 Å². The minimum atomic E-state index is -5.08. The summed E-state index contributed by atoms with van der Waals surface area (Å²) in [5, 5.41) is 13.3. The summed E-state index contributed by atoms with van der Waals surface area (Å²) in [6.45, 7) is 6.98. The standard InChI is InChI=1S/C24H32N4O3S.C2HF3O2/c1-17(2)26-24(29)20-8-10-23(28-13-11-25-12-14-28)22(16-20)27-32(30,31)21-9-7-18-5-3-4-6-19(18)15-21;3-2(4,5)1(6)7/h7-10,15-17,25,27H,3-6,11-14H2,1-2H3,(H,26,29);(H,6,7). The van der Waals surface area contributed by atoms with Crippen molar-refractivity contribution in [2.45, 2.75) is 56.6 Å². The van der Waals surface area contributed by atoms with E-state index in [2.05, 4.69) is 20.3 Å². The summed E-state index contributed by atoms with van der Waals surface area (Å²) in [5.74, 6) is -2.98. The second-order valence-electron chi connectivity index (χ2n) is 9.64. The number of nitrogens with zero attached hydrogens (tertiary/aromatic N) is 1. The summed E-state index contributed by atoms with van der Waals surface area (Å²) in [4.78, 5) is 23.9. The average Bonchev–Trinajstić information content (AvgIpc) is 2.88. The summed E-state index contributed by atoms with van der Waals surface area (Å²) in [6.07, 6.45) is -0.931. The van der Waals surface area contributed by atoms with E-state index in [-0.39, 0.29) is 16.8 Å². The van der Waals surface area contributed by atoms with Gasteiger partial charge in [0.05, 0.1) is 16.3 Å². The van der Waals surface area contributed by atoms with Crippen molar-refractivity contribution in [1.82, 2.24) is 10.6 Å². The summed E-state index contributed by atoms with van der Waals surface area (Å²) < 4.78 is 61.2. The minimum Gasteiger partial charge on any atom is -0.475 e. The average molecular weight is 571 g/mol. The molecule has 214 valence electrons. The molecular formula is C26H33F3N4O5S. The van der Waals surface area contributed by atoms with Crippen LogP contribution >= 0.6 is 0 Å². The predicted molar refractivity (Wildman–Crippen MR) is 142 cm³/mol. The lowest BCUT2D eigenvalue weighted by Crippen LogP contribution is -2.43. The van der Waals surface area contributed by atoms with E-state index in [0.29, 0.717) is 11.3 Å². The fourth-order valence-electron chi connectivity index (χ4n) is 4.37. The molecule has 0 spiro atoms. The van der Waals surface area contributed by atoms with Gasteiger partial charge in [-0.15, -0.1) is 0 Å². The van der Waals surface area contributed by atoms with Crippen LogP contribution in [0.4, 0.5) is 24.5 Å². The zero-order valence-electron chi connectivity index (χ0n) is 21.8. The summed E-state index contributed by atoms with van der Waals surface area (Å²) in [7, 11) is -3.80. The van der Waals surface area contributed by atoms with Gasteiger partial charge in [0.2, 0.25) is 0 Å². The molecule has 0 aromatic heterocycles. The van der Waals surface area contributed by atoms with Crippen molar-refractivity contribution in [3.05, 3.63) is 53.1 Å². The lowest BCUT2D eigenvalue weighted by molar-refractivity contribution is -0.192. The number of aryl methyl sites for hydroxylation is 2. The Morgan fingerprint density at radius 2 is 1.62 bits per heavy atom. The fraction of sp³-hybridized carbons (Fsp3) is 0.462. The van der Waals surface area contributed by atoms with Crippen LogP contribution in [-0.4, -0.2) is 63.8 Å². The monoisotopic (exact) mass is 570 g/mol. The van der Waals surface area contributed by atoms with Crippen LogP contribution in [0.3, 0.4) is 0 Å². The number of alkyl halides is 3. The van der Waals surface area contributed by atoms with Crippen molar-refractivity contribution < 1.29 is 36.3 Å². The van der Waals surface area contributed by atoms with Crippen molar-refractivity contribution >= 4 is 33.3 Å². The molecular weight excluding hydrogens is 537 g/mol. The van der Waals surface area contributed by atoms with Gasteiger partial charge in [-0.3, -0.25) is 9.52 Å². The molecule has 0 bridgehead atoms. The van der Waals surface area contributed by atoms with Crippen LogP contribution in [0.2, 0.25) is 0 Å². The maximum absolute atomic E-state index is 13.3. The maximum Gasteiger partial charge on any atom is 0.490 e. The Morgan fingerprint density at radius 1 is 1.00 bits per heavy atom. The number of hydrogen-bond acceptors (Lipinski definition) is 6. The lowest BCUT2D eigenvalue weighted by Gasteiger charge is -2.31. The van der Waals surface area contributed by atoms with Gasteiger partial charge in [0.25, 0.3) is 15.9 Å². The highest BCUT2D eigenvalue weighted by Gasteiger charge is 2.38. The molecule has 13 heteroatoms. The number of sulfonamides is 1. The number of fused-ring (bicyclic) bond motifs is 1. The number of aliphatic carboxylic acids is 1. The summed E-state index contributed by atoms with van der Waals surface area (Å²) >= 11 is 0. The highest BCUT2D eigenvalue weighted by molar-refractivity contribution is 7.92. The van der Waals surface area contributed by atoms with E-state index < -0.39 is 22.2 Å². The molecule has 0 unspecified atom stereocenters. The number of piperazine rings is 1. The molecule has 1 aliphatic carbocycles. The normalized spacial score (nSPS) is 15.6. The molecule has 2 aromatic carbocycles. The second kappa shape index (κ2) is 12.7. The number of anilines is 2. The quantitative estimate of drug-likeness (QED) is 0.418. The van der Waals surface area contributed by atoms with Gasteiger partial charge in [0.1, 0.15) is 0 Å². The van der Waals surface area contributed by atoms with E-state index in [9.17, 15) is 26.4 Å². The molecule has 1 aliphatic heterocycles. The number of halogens is 3. The molecule has 9 nitrogen and oxygen atoms in total. The summed E-state index contributed by atoms with van der Waals surface area (Å²) in [5.41, 5.74) is 4.01. The molecule has 4 N–H and O–H groups in total. The molecule has 1 fully saturated rings. The van der Waals surface area contributed by atoms with Crippen LogP contribution in [0.5, 0.6) is 0 Å². The highest BCUT2D eigenvalue weighted by Crippen LogP contribution is 2.31. The number of nitrogens with one attached hydrogen (secondary N) is 3. The third kappa shape index (κ3) is 8.33. The first kappa shape index (κ1) is 30.2. The molecule has 1 saturated heterocycles. The largest absolute Gasteiger partial charge is 0.490 e. The van der Waals surface area contributed by atoms with Gasteiger partial charge in [-0.05, 0) is 81.0 Å². The Morgan fingerprint density at radius 3 is 2.21 bits per heavy atom. The van der Waals surface area contributed by atoms with E-state index in [0.717, 1.165) is 63.1 Å². The molecule has 1 amide bonds. The molecule has 4 rings (SSSR count). The molecule has 0 saturated carbocycles. The van der Waals surface area contributed by atoms with Crippen LogP contribution < -0.4 is 20.3 Å².